The highest BCUT2D eigenvalue weighted by Crippen LogP contribution is 2.45. The summed E-state index contributed by atoms with van der Waals surface area (Å²) in [5.74, 6) is -1.91. The van der Waals surface area contributed by atoms with Gasteiger partial charge in [0, 0.05) is 16.1 Å². The number of morpholine rings is 1. The molecular formula is C26H29Cl2NO6S. The van der Waals surface area contributed by atoms with Crippen molar-refractivity contribution < 1.29 is 27.9 Å². The van der Waals surface area contributed by atoms with Crippen LogP contribution in [-0.4, -0.2) is 53.4 Å². The number of carboxylic acids is 1. The Morgan fingerprint density at radius 1 is 1.11 bits per heavy atom. The van der Waals surface area contributed by atoms with Gasteiger partial charge in [-0.1, -0.05) is 60.8 Å². The van der Waals surface area contributed by atoms with E-state index in [0.29, 0.717) is 40.4 Å². The normalized spacial score (nSPS) is 23.8. The van der Waals surface area contributed by atoms with Crippen molar-refractivity contribution in [1.29, 1.82) is 0 Å². The van der Waals surface area contributed by atoms with E-state index in [0.717, 1.165) is 6.42 Å². The van der Waals surface area contributed by atoms with Gasteiger partial charge in [0.15, 0.2) is 9.84 Å². The maximum atomic E-state index is 13.8. The third-order valence-electron chi connectivity index (χ3n) is 7.03. The summed E-state index contributed by atoms with van der Waals surface area (Å²) in [6.45, 7) is 1.84. The lowest BCUT2D eigenvalue weighted by Gasteiger charge is -2.48. The summed E-state index contributed by atoms with van der Waals surface area (Å²) in [6, 6.07) is 12.6. The summed E-state index contributed by atoms with van der Waals surface area (Å²) in [6.07, 6.45) is -0.0629. The first-order valence-electron chi connectivity index (χ1n) is 12.0. The number of halogens is 2. The fourth-order valence-electron chi connectivity index (χ4n) is 4.93. The minimum absolute atomic E-state index is 0.188. The highest BCUT2D eigenvalue weighted by molar-refractivity contribution is 7.92. The minimum atomic E-state index is -3.44. The zero-order valence-corrected chi connectivity index (χ0v) is 22.2. The molecule has 2 aromatic carbocycles. The zero-order chi connectivity index (χ0) is 26.0. The van der Waals surface area contributed by atoms with E-state index in [2.05, 4.69) is 0 Å². The van der Waals surface area contributed by atoms with Crippen molar-refractivity contribution >= 4 is 44.9 Å². The SMILES string of the molecule is CCC(CS(=O)(=O)C1CCC1)N1C(=O)[C@H](CC(=O)O)O[C@H](c2cccc(Cl)c2)[C@H]1c1ccc(Cl)cc1. The fourth-order valence-corrected chi connectivity index (χ4v) is 7.51. The second-order valence-electron chi connectivity index (χ2n) is 9.38. The van der Waals surface area contributed by atoms with Gasteiger partial charge in [0.05, 0.1) is 23.5 Å². The van der Waals surface area contributed by atoms with Gasteiger partial charge in [0.25, 0.3) is 5.91 Å². The average molecular weight is 554 g/mol. The number of hydrogen-bond donors (Lipinski definition) is 1. The molecule has 0 radical (unpaired) electrons. The summed E-state index contributed by atoms with van der Waals surface area (Å²) >= 11 is 12.4. The lowest BCUT2D eigenvalue weighted by atomic mass is 9.89. The first kappa shape index (κ1) is 26.9. The smallest absolute Gasteiger partial charge is 0.306 e. The molecule has 1 heterocycles. The fraction of sp³-hybridized carbons (Fsp3) is 0.462. The maximum Gasteiger partial charge on any atom is 0.306 e. The summed E-state index contributed by atoms with van der Waals surface area (Å²) in [4.78, 5) is 27.0. The number of nitrogens with zero attached hydrogens (tertiary/aromatic N) is 1. The van der Waals surface area contributed by atoms with Crippen molar-refractivity contribution in [3.8, 4) is 0 Å². The molecule has 0 aromatic heterocycles. The van der Waals surface area contributed by atoms with Crippen LogP contribution in [0.3, 0.4) is 0 Å². The first-order chi connectivity index (χ1) is 17.1. The second-order valence-corrected chi connectivity index (χ2v) is 12.6. The number of rotatable bonds is 9. The van der Waals surface area contributed by atoms with Crippen LogP contribution in [0.2, 0.25) is 10.0 Å². The predicted molar refractivity (Wildman–Crippen MR) is 138 cm³/mol. The molecule has 194 valence electrons. The maximum absolute atomic E-state index is 13.8. The molecular weight excluding hydrogens is 525 g/mol. The Hall–Kier alpha value is -2.13. The number of hydrogen-bond acceptors (Lipinski definition) is 5. The number of benzene rings is 2. The standard InChI is InChI=1S/C26H29Cl2NO6S/c1-2-20(15-36(33,34)21-7-4-8-21)29-24(16-9-11-18(27)12-10-16)25(17-5-3-6-19(28)13-17)35-22(26(29)32)14-23(30)31/h3,5-6,9-13,20-22,24-25H,2,4,7-8,14-15H2,1H3,(H,30,31)/t20?,22-,24+,25+/m0/s1. The van der Waals surface area contributed by atoms with Crippen molar-refractivity contribution in [2.75, 3.05) is 5.75 Å². The molecule has 1 aliphatic heterocycles. The van der Waals surface area contributed by atoms with Gasteiger partial charge in [-0.05, 0) is 54.7 Å². The lowest BCUT2D eigenvalue weighted by molar-refractivity contribution is -0.182. The summed E-state index contributed by atoms with van der Waals surface area (Å²) < 4.78 is 32.5. The number of carboxylic acid groups (broad SMARTS) is 1. The Morgan fingerprint density at radius 2 is 1.81 bits per heavy atom. The molecule has 4 atom stereocenters. The molecule has 2 fully saturated rings. The Morgan fingerprint density at radius 3 is 2.36 bits per heavy atom. The van der Waals surface area contributed by atoms with Crippen LogP contribution in [-0.2, 0) is 24.2 Å². The topological polar surface area (TPSA) is 101 Å². The number of amides is 1. The Balaban J connectivity index is 1.83. The van der Waals surface area contributed by atoms with Crippen molar-refractivity contribution in [3.63, 3.8) is 0 Å². The number of carbonyl (C=O) groups excluding carboxylic acids is 1. The van der Waals surface area contributed by atoms with Gasteiger partial charge in [0.2, 0.25) is 0 Å². The summed E-state index contributed by atoms with van der Waals surface area (Å²) in [5.41, 5.74) is 1.36. The van der Waals surface area contributed by atoms with E-state index in [1.165, 1.54) is 0 Å². The van der Waals surface area contributed by atoms with Gasteiger partial charge in [-0.25, -0.2) is 8.42 Å². The largest absolute Gasteiger partial charge is 0.481 e. The molecule has 1 saturated heterocycles. The molecule has 1 N–H and O–H groups in total. The van der Waals surface area contributed by atoms with Crippen molar-refractivity contribution in [2.24, 2.45) is 0 Å². The van der Waals surface area contributed by atoms with E-state index in [-0.39, 0.29) is 5.75 Å². The molecule has 1 unspecified atom stereocenters. The summed E-state index contributed by atoms with van der Waals surface area (Å²) in [5, 5.41) is 10.1. The predicted octanol–water partition coefficient (Wildman–Crippen LogP) is 5.22. The highest BCUT2D eigenvalue weighted by Gasteiger charge is 2.48. The number of aliphatic carboxylic acids is 1. The van der Waals surface area contributed by atoms with E-state index < -0.39 is 57.7 Å². The lowest BCUT2D eigenvalue weighted by Crippen LogP contribution is -2.57. The number of carbonyl (C=O) groups is 2. The molecule has 4 rings (SSSR count). The van der Waals surface area contributed by atoms with Gasteiger partial charge >= 0.3 is 5.97 Å². The van der Waals surface area contributed by atoms with Crippen molar-refractivity contribution in [3.05, 3.63) is 69.7 Å². The van der Waals surface area contributed by atoms with E-state index in [9.17, 15) is 23.1 Å². The van der Waals surface area contributed by atoms with Crippen LogP contribution >= 0.6 is 23.2 Å². The van der Waals surface area contributed by atoms with E-state index >= 15 is 0 Å². The third-order valence-corrected chi connectivity index (χ3v) is 9.85. The van der Waals surface area contributed by atoms with Gasteiger partial charge < -0.3 is 14.7 Å². The zero-order valence-electron chi connectivity index (χ0n) is 19.8. The highest BCUT2D eigenvalue weighted by atomic mass is 35.5. The molecule has 7 nitrogen and oxygen atoms in total. The molecule has 10 heteroatoms. The van der Waals surface area contributed by atoms with Crippen LogP contribution in [0.1, 0.15) is 62.3 Å². The molecule has 2 aromatic rings. The molecule has 1 aliphatic carbocycles. The Bertz CT molecular complexity index is 1220. The monoisotopic (exact) mass is 553 g/mol. The molecule has 1 amide bonds. The third kappa shape index (κ3) is 5.72. The van der Waals surface area contributed by atoms with Gasteiger partial charge in [-0.3, -0.25) is 9.59 Å². The first-order valence-corrected chi connectivity index (χ1v) is 14.5. The number of sulfone groups is 1. The van der Waals surface area contributed by atoms with Crippen LogP contribution in [0.5, 0.6) is 0 Å². The molecule has 0 spiro atoms. The molecule has 1 saturated carbocycles. The molecule has 36 heavy (non-hydrogen) atoms. The van der Waals surface area contributed by atoms with Crippen LogP contribution in [0, 0.1) is 0 Å². The van der Waals surface area contributed by atoms with Crippen LogP contribution in [0.25, 0.3) is 0 Å². The van der Waals surface area contributed by atoms with Gasteiger partial charge in [-0.15, -0.1) is 0 Å². The molecule has 2 aliphatic rings. The van der Waals surface area contributed by atoms with Crippen molar-refractivity contribution in [2.45, 2.75) is 68.6 Å². The van der Waals surface area contributed by atoms with Crippen LogP contribution in [0.15, 0.2) is 48.5 Å². The van der Waals surface area contributed by atoms with E-state index in [4.69, 9.17) is 27.9 Å². The minimum Gasteiger partial charge on any atom is -0.481 e. The second kappa shape index (κ2) is 11.1. The van der Waals surface area contributed by atoms with E-state index in [1.54, 1.807) is 53.4 Å². The van der Waals surface area contributed by atoms with Gasteiger partial charge in [-0.2, -0.15) is 0 Å². The summed E-state index contributed by atoms with van der Waals surface area (Å²) in [7, 11) is -3.44. The Labute approximate surface area is 221 Å². The number of ether oxygens (including phenoxy) is 1. The molecule has 0 bridgehead atoms. The van der Waals surface area contributed by atoms with Crippen molar-refractivity contribution in [1.82, 2.24) is 4.90 Å². The van der Waals surface area contributed by atoms with Crippen LogP contribution in [0.4, 0.5) is 0 Å². The quantitative estimate of drug-likeness (QED) is 0.456. The van der Waals surface area contributed by atoms with Gasteiger partial charge in [0.1, 0.15) is 12.2 Å². The average Bonchev–Trinajstić information content (AvgIpc) is 2.77. The van der Waals surface area contributed by atoms with Crippen LogP contribution < -0.4 is 0 Å². The Kier molecular flexibility index (Phi) is 8.29. The van der Waals surface area contributed by atoms with E-state index in [1.807, 2.05) is 6.92 Å².